The molecular weight excluding hydrogens is 188 g/mol. The van der Waals surface area contributed by atoms with Gasteiger partial charge < -0.3 is 4.74 Å². The molecule has 82 valence electrons. The summed E-state index contributed by atoms with van der Waals surface area (Å²) < 4.78 is 5.04. The van der Waals surface area contributed by atoms with E-state index in [9.17, 15) is 4.79 Å². The summed E-state index contributed by atoms with van der Waals surface area (Å²) in [6.07, 6.45) is 6.07. The van der Waals surface area contributed by atoms with Gasteiger partial charge in [0.15, 0.2) is 0 Å². The van der Waals surface area contributed by atoms with Crippen molar-refractivity contribution in [3.63, 3.8) is 0 Å². The summed E-state index contributed by atoms with van der Waals surface area (Å²) in [6, 6.07) is 0. The second-order valence-corrected chi connectivity index (χ2v) is 3.92. The summed E-state index contributed by atoms with van der Waals surface area (Å²) in [5.41, 5.74) is 3.32. The lowest BCUT2D eigenvalue weighted by atomic mass is 9.99. The van der Waals surface area contributed by atoms with Crippen LogP contribution in [0.25, 0.3) is 0 Å². The van der Waals surface area contributed by atoms with Gasteiger partial charge in [-0.1, -0.05) is 34.9 Å². The highest BCUT2D eigenvalue weighted by molar-refractivity contribution is 5.78. The van der Waals surface area contributed by atoms with E-state index in [1.165, 1.54) is 5.57 Å². The second-order valence-electron chi connectivity index (χ2n) is 3.92. The number of esters is 1. The van der Waals surface area contributed by atoms with Crippen LogP contribution in [0.4, 0.5) is 0 Å². The molecule has 0 heterocycles. The molecule has 0 saturated carbocycles. The number of ether oxygens (including phenoxy) is 1. The van der Waals surface area contributed by atoms with Crippen LogP contribution >= 0.6 is 0 Å². The quantitative estimate of drug-likeness (QED) is 0.649. The maximum Gasteiger partial charge on any atom is 0.316 e. The van der Waals surface area contributed by atoms with Crippen LogP contribution in [0.3, 0.4) is 0 Å². The summed E-state index contributed by atoms with van der Waals surface area (Å²) >= 11 is 0. The summed E-state index contributed by atoms with van der Waals surface area (Å²) in [4.78, 5) is 11.7. The van der Waals surface area contributed by atoms with Crippen molar-refractivity contribution in [3.8, 4) is 0 Å². The Hall–Kier alpha value is -1.31. The predicted octanol–water partition coefficient (Wildman–Crippen LogP) is 3.02. The minimum atomic E-state index is -0.223. The van der Waals surface area contributed by atoms with Crippen molar-refractivity contribution < 1.29 is 9.53 Å². The molecule has 0 aromatic heterocycles. The molecule has 1 aliphatic carbocycles. The van der Waals surface area contributed by atoms with Gasteiger partial charge in [-0.25, -0.2) is 0 Å². The fourth-order valence-corrected chi connectivity index (χ4v) is 1.78. The van der Waals surface area contributed by atoms with Gasteiger partial charge in [0.25, 0.3) is 0 Å². The van der Waals surface area contributed by atoms with Crippen LogP contribution in [0.2, 0.25) is 0 Å². The van der Waals surface area contributed by atoms with E-state index in [1.54, 1.807) is 0 Å². The molecule has 0 aromatic rings. The monoisotopic (exact) mass is 206 g/mol. The Morgan fingerprint density at radius 1 is 1.27 bits per heavy atom. The zero-order valence-electron chi connectivity index (χ0n) is 9.83. The summed E-state index contributed by atoms with van der Waals surface area (Å²) in [6.45, 7) is 8.26. The standard InChI is InChI=1S/C13H18O2/c1-5-15-13(14)12-8-10(3)6-9(2)7-11(12)4/h6-8,12H,5H2,1-4H3. The molecule has 15 heavy (non-hydrogen) atoms. The number of allylic oxidation sites excluding steroid dienone is 4. The highest BCUT2D eigenvalue weighted by Gasteiger charge is 2.20. The third kappa shape index (κ3) is 3.08. The van der Waals surface area contributed by atoms with Crippen molar-refractivity contribution in [2.24, 2.45) is 5.92 Å². The molecule has 0 aromatic carbocycles. The Balaban J connectivity index is 2.95. The Morgan fingerprint density at radius 2 is 1.93 bits per heavy atom. The van der Waals surface area contributed by atoms with Crippen LogP contribution in [0, 0.1) is 5.92 Å². The minimum absolute atomic E-state index is 0.159. The highest BCUT2D eigenvalue weighted by atomic mass is 16.5. The van der Waals surface area contributed by atoms with Crippen LogP contribution in [0.5, 0.6) is 0 Å². The molecule has 1 unspecified atom stereocenters. The molecule has 1 rings (SSSR count). The summed E-state index contributed by atoms with van der Waals surface area (Å²) in [7, 11) is 0. The number of hydrogen-bond acceptors (Lipinski definition) is 2. The largest absolute Gasteiger partial charge is 0.465 e. The lowest BCUT2D eigenvalue weighted by Crippen LogP contribution is -2.17. The molecule has 2 nitrogen and oxygen atoms in total. The van der Waals surface area contributed by atoms with Crippen LogP contribution in [-0.4, -0.2) is 12.6 Å². The van der Waals surface area contributed by atoms with E-state index >= 15 is 0 Å². The fraction of sp³-hybridized carbons (Fsp3) is 0.462. The number of rotatable bonds is 2. The maximum absolute atomic E-state index is 11.7. The molecule has 1 atom stereocenters. The lowest BCUT2D eigenvalue weighted by Gasteiger charge is -2.11. The topological polar surface area (TPSA) is 26.3 Å². The molecule has 1 aliphatic rings. The van der Waals surface area contributed by atoms with E-state index in [1.807, 2.05) is 39.8 Å². The average Bonchev–Trinajstić information content (AvgIpc) is 2.24. The van der Waals surface area contributed by atoms with E-state index in [0.29, 0.717) is 6.61 Å². The molecule has 0 fully saturated rings. The number of carbonyl (C=O) groups is 1. The zero-order valence-corrected chi connectivity index (χ0v) is 9.83. The first-order valence-corrected chi connectivity index (χ1v) is 5.26. The minimum Gasteiger partial charge on any atom is -0.465 e. The van der Waals surface area contributed by atoms with Crippen molar-refractivity contribution in [1.82, 2.24) is 0 Å². The van der Waals surface area contributed by atoms with Crippen LogP contribution in [0.1, 0.15) is 27.7 Å². The number of hydrogen-bond donors (Lipinski definition) is 0. The molecule has 0 bridgehead atoms. The molecule has 0 radical (unpaired) electrons. The fourth-order valence-electron chi connectivity index (χ4n) is 1.78. The molecule has 0 saturated heterocycles. The molecule has 0 N–H and O–H groups in total. The number of carbonyl (C=O) groups excluding carboxylic acids is 1. The first-order chi connectivity index (χ1) is 7.04. The van der Waals surface area contributed by atoms with E-state index in [2.05, 4.69) is 6.08 Å². The molecule has 2 heteroatoms. The first-order valence-electron chi connectivity index (χ1n) is 5.26. The Morgan fingerprint density at radius 3 is 2.53 bits per heavy atom. The van der Waals surface area contributed by atoms with Gasteiger partial charge in [0, 0.05) is 0 Å². The van der Waals surface area contributed by atoms with Gasteiger partial charge >= 0.3 is 5.97 Å². The third-order valence-corrected chi connectivity index (χ3v) is 2.37. The van der Waals surface area contributed by atoms with Crippen molar-refractivity contribution in [2.45, 2.75) is 27.7 Å². The van der Waals surface area contributed by atoms with Crippen LogP contribution < -0.4 is 0 Å². The van der Waals surface area contributed by atoms with E-state index in [4.69, 9.17) is 4.74 Å². The summed E-state index contributed by atoms with van der Waals surface area (Å²) in [5.74, 6) is -0.382. The SMILES string of the molecule is CCOC(=O)C1C=C(C)C=C(C)C=C1C. The molecule has 0 spiro atoms. The van der Waals surface area contributed by atoms with E-state index in [0.717, 1.165) is 11.1 Å². The molecule has 0 amide bonds. The van der Waals surface area contributed by atoms with Gasteiger partial charge in [-0.3, -0.25) is 4.79 Å². The van der Waals surface area contributed by atoms with Gasteiger partial charge in [-0.05, 0) is 27.7 Å². The van der Waals surface area contributed by atoms with Gasteiger partial charge in [0.05, 0.1) is 12.5 Å². The third-order valence-electron chi connectivity index (χ3n) is 2.37. The predicted molar refractivity (Wildman–Crippen MR) is 61.4 cm³/mol. The van der Waals surface area contributed by atoms with Crippen molar-refractivity contribution in [2.75, 3.05) is 6.61 Å². The van der Waals surface area contributed by atoms with E-state index < -0.39 is 0 Å². The van der Waals surface area contributed by atoms with Crippen LogP contribution in [-0.2, 0) is 9.53 Å². The summed E-state index contributed by atoms with van der Waals surface area (Å²) in [5, 5.41) is 0. The van der Waals surface area contributed by atoms with Crippen molar-refractivity contribution >= 4 is 5.97 Å². The second kappa shape index (κ2) is 4.96. The highest BCUT2D eigenvalue weighted by Crippen LogP contribution is 2.22. The Labute approximate surface area is 91.3 Å². The van der Waals surface area contributed by atoms with Crippen LogP contribution in [0.15, 0.2) is 34.9 Å². The smallest absolute Gasteiger partial charge is 0.316 e. The average molecular weight is 206 g/mol. The maximum atomic E-state index is 11.7. The Kier molecular flexibility index (Phi) is 3.89. The van der Waals surface area contributed by atoms with Gasteiger partial charge in [0.2, 0.25) is 0 Å². The van der Waals surface area contributed by atoms with Gasteiger partial charge in [-0.15, -0.1) is 0 Å². The lowest BCUT2D eigenvalue weighted by molar-refractivity contribution is -0.145. The zero-order chi connectivity index (χ0) is 11.4. The molecular formula is C13H18O2. The van der Waals surface area contributed by atoms with Gasteiger partial charge in [0.1, 0.15) is 0 Å². The first kappa shape index (κ1) is 11.8. The van der Waals surface area contributed by atoms with Crippen molar-refractivity contribution in [1.29, 1.82) is 0 Å². The van der Waals surface area contributed by atoms with Gasteiger partial charge in [-0.2, -0.15) is 0 Å². The normalized spacial score (nSPS) is 21.1. The van der Waals surface area contributed by atoms with E-state index in [-0.39, 0.29) is 11.9 Å². The molecule has 0 aliphatic heterocycles. The van der Waals surface area contributed by atoms with Crippen molar-refractivity contribution in [3.05, 3.63) is 34.9 Å². The Bertz CT molecular complexity index is 346.